The lowest BCUT2D eigenvalue weighted by Gasteiger charge is -2.11. The van der Waals surface area contributed by atoms with Crippen molar-refractivity contribution in [2.75, 3.05) is 5.32 Å². The lowest BCUT2D eigenvalue weighted by molar-refractivity contribution is -0.384. The summed E-state index contributed by atoms with van der Waals surface area (Å²) in [5.41, 5.74) is 0.850. The number of benzene rings is 1. The topological polar surface area (TPSA) is 95.0 Å². The van der Waals surface area contributed by atoms with Crippen LogP contribution in [0.2, 0.25) is 15.2 Å². The molecular formula is C16H12Cl3N5O3. The highest BCUT2D eigenvalue weighted by Crippen LogP contribution is 2.26. The third-order valence-electron chi connectivity index (χ3n) is 3.90. The van der Waals surface area contributed by atoms with Gasteiger partial charge in [0.25, 0.3) is 11.2 Å². The second-order valence-corrected chi connectivity index (χ2v) is 6.69. The van der Waals surface area contributed by atoms with Gasteiger partial charge in [-0.1, -0.05) is 34.8 Å². The van der Waals surface area contributed by atoms with E-state index in [1.807, 2.05) is 0 Å². The van der Waals surface area contributed by atoms with Crippen molar-refractivity contribution < 1.29 is 4.92 Å². The van der Waals surface area contributed by atoms with Crippen LogP contribution in [0.25, 0.3) is 5.69 Å². The molecule has 0 aliphatic rings. The Kier molecular flexibility index (Phi) is 5.41. The number of nitrogens with zero attached hydrogens (tertiary/aromatic N) is 4. The van der Waals surface area contributed by atoms with Gasteiger partial charge in [-0.25, -0.2) is 0 Å². The summed E-state index contributed by atoms with van der Waals surface area (Å²) >= 11 is 18.2. The van der Waals surface area contributed by atoms with Crippen molar-refractivity contribution in [1.29, 1.82) is 0 Å². The fourth-order valence-electron chi connectivity index (χ4n) is 2.40. The standard InChI is InChI=1S/C16H12Cl3N5O3/c1-22-11(6-12(17)15(22)19)7-20-13-8-21-23(16(25)14(13)18)9-2-4-10(5-3-9)24(26)27/h2-6,8,20H,7H2,1H3. The molecule has 0 unspecified atom stereocenters. The van der Waals surface area contributed by atoms with E-state index in [-0.39, 0.29) is 10.7 Å². The molecule has 0 fully saturated rings. The van der Waals surface area contributed by atoms with Crippen LogP contribution in [0.1, 0.15) is 5.69 Å². The largest absolute Gasteiger partial charge is 0.377 e. The van der Waals surface area contributed by atoms with Crippen molar-refractivity contribution in [3.05, 3.63) is 77.9 Å². The highest BCUT2D eigenvalue weighted by Gasteiger charge is 2.14. The number of hydrogen-bond acceptors (Lipinski definition) is 5. The number of nitro benzene ring substituents is 1. The van der Waals surface area contributed by atoms with E-state index in [1.165, 1.54) is 30.5 Å². The summed E-state index contributed by atoms with van der Waals surface area (Å²) in [5, 5.41) is 18.6. The maximum Gasteiger partial charge on any atom is 0.292 e. The van der Waals surface area contributed by atoms with E-state index in [4.69, 9.17) is 34.8 Å². The molecule has 11 heteroatoms. The van der Waals surface area contributed by atoms with Crippen molar-refractivity contribution in [3.63, 3.8) is 0 Å². The molecule has 2 aromatic heterocycles. The smallest absolute Gasteiger partial charge is 0.292 e. The van der Waals surface area contributed by atoms with Crippen LogP contribution >= 0.6 is 34.8 Å². The molecule has 2 heterocycles. The lowest BCUT2D eigenvalue weighted by atomic mass is 10.3. The van der Waals surface area contributed by atoms with E-state index in [0.29, 0.717) is 28.1 Å². The number of aromatic nitrogens is 3. The summed E-state index contributed by atoms with van der Waals surface area (Å²) in [6.07, 6.45) is 1.40. The van der Waals surface area contributed by atoms with E-state index in [0.717, 1.165) is 10.4 Å². The number of hydrogen-bond donors (Lipinski definition) is 1. The molecule has 1 N–H and O–H groups in total. The first-order chi connectivity index (χ1) is 12.8. The fraction of sp³-hybridized carbons (Fsp3) is 0.125. The minimum atomic E-state index is -0.557. The van der Waals surface area contributed by atoms with Gasteiger partial charge in [0.15, 0.2) is 0 Å². The van der Waals surface area contributed by atoms with Crippen LogP contribution in [0, 0.1) is 10.1 Å². The zero-order valence-electron chi connectivity index (χ0n) is 13.8. The van der Waals surface area contributed by atoms with Crippen LogP contribution in [-0.4, -0.2) is 19.3 Å². The third-order valence-corrected chi connectivity index (χ3v) is 5.11. The Morgan fingerprint density at radius 1 is 1.22 bits per heavy atom. The second-order valence-electron chi connectivity index (χ2n) is 5.55. The molecule has 0 bridgehead atoms. The first kappa shape index (κ1) is 19.2. The lowest BCUT2D eigenvalue weighted by Crippen LogP contribution is -2.22. The van der Waals surface area contributed by atoms with Crippen LogP contribution in [0.4, 0.5) is 11.4 Å². The Morgan fingerprint density at radius 3 is 2.44 bits per heavy atom. The van der Waals surface area contributed by atoms with Gasteiger partial charge in [-0.05, 0) is 18.2 Å². The van der Waals surface area contributed by atoms with Crippen molar-refractivity contribution in [1.82, 2.24) is 14.3 Å². The molecule has 0 radical (unpaired) electrons. The van der Waals surface area contributed by atoms with E-state index in [1.54, 1.807) is 17.7 Å². The van der Waals surface area contributed by atoms with Gasteiger partial charge < -0.3 is 9.88 Å². The van der Waals surface area contributed by atoms with Crippen LogP contribution in [0.3, 0.4) is 0 Å². The molecule has 0 saturated carbocycles. The van der Waals surface area contributed by atoms with Gasteiger partial charge in [-0.2, -0.15) is 9.78 Å². The first-order valence-electron chi connectivity index (χ1n) is 7.55. The van der Waals surface area contributed by atoms with Crippen LogP contribution in [0.15, 0.2) is 41.3 Å². The van der Waals surface area contributed by atoms with Gasteiger partial charge in [-0.3, -0.25) is 14.9 Å². The minimum absolute atomic E-state index is 0.0604. The van der Waals surface area contributed by atoms with Gasteiger partial charge in [0, 0.05) is 24.9 Å². The highest BCUT2D eigenvalue weighted by atomic mass is 35.5. The molecule has 1 aromatic carbocycles. The van der Waals surface area contributed by atoms with Crippen LogP contribution in [0.5, 0.6) is 0 Å². The average Bonchev–Trinajstić information content (AvgIpc) is 2.90. The fourth-order valence-corrected chi connectivity index (χ4v) is 3.01. The molecule has 0 aliphatic carbocycles. The van der Waals surface area contributed by atoms with Gasteiger partial charge in [0.05, 0.1) is 34.1 Å². The van der Waals surface area contributed by atoms with Crippen LogP contribution in [-0.2, 0) is 13.6 Å². The zero-order valence-corrected chi connectivity index (χ0v) is 16.1. The van der Waals surface area contributed by atoms with Crippen molar-refractivity contribution in [2.24, 2.45) is 7.05 Å². The molecular weight excluding hydrogens is 417 g/mol. The number of halogens is 3. The quantitative estimate of drug-likeness (QED) is 0.488. The molecule has 3 aromatic rings. The average molecular weight is 429 g/mol. The van der Waals surface area contributed by atoms with Gasteiger partial charge in [0.2, 0.25) is 0 Å². The van der Waals surface area contributed by atoms with Crippen LogP contribution < -0.4 is 10.9 Å². The first-order valence-corrected chi connectivity index (χ1v) is 8.69. The van der Waals surface area contributed by atoms with Crippen molar-refractivity contribution in [3.8, 4) is 5.69 Å². The monoisotopic (exact) mass is 427 g/mol. The molecule has 8 nitrogen and oxygen atoms in total. The highest BCUT2D eigenvalue weighted by molar-refractivity contribution is 6.41. The summed E-state index contributed by atoms with van der Waals surface area (Å²) in [7, 11) is 1.76. The van der Waals surface area contributed by atoms with Crippen molar-refractivity contribution in [2.45, 2.75) is 6.54 Å². The number of nitro groups is 1. The summed E-state index contributed by atoms with van der Waals surface area (Å²) in [5.74, 6) is 0. The normalized spacial score (nSPS) is 10.8. The van der Waals surface area contributed by atoms with E-state index in [2.05, 4.69) is 10.4 Å². The summed E-state index contributed by atoms with van der Waals surface area (Å²) in [6.45, 7) is 0.325. The maximum atomic E-state index is 12.5. The molecule has 0 atom stereocenters. The van der Waals surface area contributed by atoms with E-state index < -0.39 is 10.5 Å². The number of non-ortho nitro benzene ring substituents is 1. The van der Waals surface area contributed by atoms with Gasteiger partial charge in [0.1, 0.15) is 10.2 Å². The number of rotatable bonds is 5. The molecule has 3 rings (SSSR count). The predicted octanol–water partition coefficient (Wildman–Crippen LogP) is 4.05. The summed E-state index contributed by atoms with van der Waals surface area (Å²) in [4.78, 5) is 22.7. The molecule has 0 aliphatic heterocycles. The minimum Gasteiger partial charge on any atom is -0.377 e. The van der Waals surface area contributed by atoms with E-state index >= 15 is 0 Å². The number of anilines is 1. The van der Waals surface area contributed by atoms with E-state index in [9.17, 15) is 14.9 Å². The molecule has 140 valence electrons. The zero-order chi connectivity index (χ0) is 19.7. The second kappa shape index (κ2) is 7.59. The van der Waals surface area contributed by atoms with Gasteiger partial charge in [-0.15, -0.1) is 0 Å². The molecule has 27 heavy (non-hydrogen) atoms. The number of nitrogens with one attached hydrogen (secondary N) is 1. The maximum absolute atomic E-state index is 12.5. The van der Waals surface area contributed by atoms with Crippen molar-refractivity contribution >= 4 is 46.2 Å². The summed E-state index contributed by atoms with van der Waals surface area (Å²) in [6, 6.07) is 7.11. The Balaban J connectivity index is 1.85. The molecule has 0 amide bonds. The predicted molar refractivity (Wildman–Crippen MR) is 104 cm³/mol. The molecule has 0 saturated heterocycles. The Bertz CT molecular complexity index is 1080. The SMILES string of the molecule is Cn1c(CNc2cnn(-c3ccc([N+](=O)[O-])cc3)c(=O)c2Cl)cc(Cl)c1Cl. The summed E-state index contributed by atoms with van der Waals surface area (Å²) < 4.78 is 2.77. The Hall–Kier alpha value is -2.55. The Labute approximate surface area is 168 Å². The third kappa shape index (κ3) is 3.78. The Morgan fingerprint density at radius 2 is 1.89 bits per heavy atom. The van der Waals surface area contributed by atoms with Gasteiger partial charge >= 0.3 is 0 Å². The molecule has 0 spiro atoms.